The summed E-state index contributed by atoms with van der Waals surface area (Å²) >= 11 is 0. The first-order valence-corrected chi connectivity index (χ1v) is 12.6. The summed E-state index contributed by atoms with van der Waals surface area (Å²) in [6.07, 6.45) is 1.79. The van der Waals surface area contributed by atoms with E-state index >= 15 is 0 Å². The van der Waals surface area contributed by atoms with Gasteiger partial charge in [-0.1, -0.05) is 60.7 Å². The molecule has 0 saturated heterocycles. The molecule has 0 atom stereocenters. The normalized spacial score (nSPS) is 11.7. The average Bonchev–Trinajstić information content (AvgIpc) is 3.53. The Kier molecular flexibility index (Phi) is 4.49. The molecule has 8 rings (SSSR count). The third-order valence-electron chi connectivity index (χ3n) is 7.16. The highest BCUT2D eigenvalue weighted by Crippen LogP contribution is 2.38. The number of nitrogens with zero attached hydrogens (tertiary/aromatic N) is 2. The summed E-state index contributed by atoms with van der Waals surface area (Å²) in [6, 6.07) is 39.1. The Morgan fingerprint density at radius 2 is 1.03 bits per heavy atom. The predicted molar refractivity (Wildman–Crippen MR) is 153 cm³/mol. The van der Waals surface area contributed by atoms with Crippen LogP contribution in [0.3, 0.4) is 0 Å². The molecular formula is C34H20N2O2. The minimum absolute atomic E-state index is 0.864. The molecule has 0 aliphatic carbocycles. The van der Waals surface area contributed by atoms with Crippen LogP contribution in [0.25, 0.3) is 77.6 Å². The standard InChI is InChI=1S/C34H20N2O2/c1-2-10-31-24(6-1)26-19-34-27(20-33(26)37-31)25-18-23(15-16-32(25)38-34)21-11-13-22(14-12-21)28-8-5-9-30(36-28)29-7-3-4-17-35-29/h1-20H. The monoisotopic (exact) mass is 488 g/mol. The van der Waals surface area contributed by atoms with Crippen LogP contribution in [0.4, 0.5) is 0 Å². The largest absolute Gasteiger partial charge is 0.456 e. The Balaban J connectivity index is 1.18. The zero-order chi connectivity index (χ0) is 25.1. The van der Waals surface area contributed by atoms with Crippen LogP contribution in [0.5, 0.6) is 0 Å². The fourth-order valence-corrected chi connectivity index (χ4v) is 5.26. The SMILES string of the molecule is c1ccc(-c2cccc(-c3ccc(-c4ccc5oc6cc7c(cc6c5c4)oc4ccccc47)cc3)n2)nc1. The summed E-state index contributed by atoms with van der Waals surface area (Å²) in [5.74, 6) is 0. The van der Waals surface area contributed by atoms with Crippen molar-refractivity contribution < 1.29 is 8.83 Å². The molecule has 4 aromatic heterocycles. The van der Waals surface area contributed by atoms with E-state index in [9.17, 15) is 0 Å². The smallest absolute Gasteiger partial charge is 0.136 e. The molecule has 0 saturated carbocycles. The second kappa shape index (κ2) is 8.15. The maximum atomic E-state index is 6.24. The topological polar surface area (TPSA) is 52.1 Å². The molecule has 178 valence electrons. The van der Waals surface area contributed by atoms with E-state index in [2.05, 4.69) is 65.6 Å². The average molecular weight is 489 g/mol. The van der Waals surface area contributed by atoms with Crippen LogP contribution in [0.2, 0.25) is 0 Å². The van der Waals surface area contributed by atoms with E-state index < -0.39 is 0 Å². The molecule has 38 heavy (non-hydrogen) atoms. The van der Waals surface area contributed by atoms with Gasteiger partial charge in [0.05, 0.1) is 17.1 Å². The Morgan fingerprint density at radius 3 is 1.84 bits per heavy atom. The number of hydrogen-bond donors (Lipinski definition) is 0. The quantitative estimate of drug-likeness (QED) is 0.249. The van der Waals surface area contributed by atoms with E-state index in [-0.39, 0.29) is 0 Å². The van der Waals surface area contributed by atoms with E-state index in [0.717, 1.165) is 77.6 Å². The first-order chi connectivity index (χ1) is 18.8. The van der Waals surface area contributed by atoms with Crippen molar-refractivity contribution in [3.05, 3.63) is 121 Å². The van der Waals surface area contributed by atoms with Crippen molar-refractivity contribution in [3.63, 3.8) is 0 Å². The maximum absolute atomic E-state index is 6.24. The highest BCUT2D eigenvalue weighted by atomic mass is 16.3. The molecular weight excluding hydrogens is 468 g/mol. The maximum Gasteiger partial charge on any atom is 0.136 e. The van der Waals surface area contributed by atoms with Crippen LogP contribution >= 0.6 is 0 Å². The van der Waals surface area contributed by atoms with Gasteiger partial charge >= 0.3 is 0 Å². The highest BCUT2D eigenvalue weighted by Gasteiger charge is 2.14. The summed E-state index contributed by atoms with van der Waals surface area (Å²) in [7, 11) is 0. The third kappa shape index (κ3) is 3.31. The molecule has 0 spiro atoms. The first kappa shape index (κ1) is 20.9. The van der Waals surface area contributed by atoms with E-state index in [1.165, 1.54) is 0 Å². The minimum Gasteiger partial charge on any atom is -0.456 e. The van der Waals surface area contributed by atoms with Gasteiger partial charge in [-0.2, -0.15) is 0 Å². The summed E-state index contributed by atoms with van der Waals surface area (Å²) in [6.45, 7) is 0. The second-order valence-electron chi connectivity index (χ2n) is 9.46. The zero-order valence-electron chi connectivity index (χ0n) is 20.3. The Bertz CT molecular complexity index is 2120. The first-order valence-electron chi connectivity index (χ1n) is 12.6. The van der Waals surface area contributed by atoms with Crippen molar-refractivity contribution >= 4 is 43.9 Å². The molecule has 4 nitrogen and oxygen atoms in total. The minimum atomic E-state index is 0.864. The van der Waals surface area contributed by atoms with Crippen LogP contribution in [0.1, 0.15) is 0 Å². The number of hydrogen-bond acceptors (Lipinski definition) is 4. The van der Waals surface area contributed by atoms with Crippen molar-refractivity contribution in [2.24, 2.45) is 0 Å². The van der Waals surface area contributed by atoms with Crippen molar-refractivity contribution in [1.29, 1.82) is 0 Å². The number of furan rings is 2. The zero-order valence-corrected chi connectivity index (χ0v) is 20.3. The number of aromatic nitrogens is 2. The summed E-state index contributed by atoms with van der Waals surface area (Å²) < 4.78 is 12.4. The lowest BCUT2D eigenvalue weighted by Crippen LogP contribution is -1.89. The van der Waals surface area contributed by atoms with Crippen molar-refractivity contribution in [1.82, 2.24) is 9.97 Å². The molecule has 0 aliphatic heterocycles. The van der Waals surface area contributed by atoms with Crippen molar-refractivity contribution in [2.75, 3.05) is 0 Å². The Hall–Kier alpha value is -5.22. The summed E-state index contributed by atoms with van der Waals surface area (Å²) in [5, 5.41) is 4.31. The molecule has 0 unspecified atom stereocenters. The molecule has 4 heteroatoms. The highest BCUT2D eigenvalue weighted by molar-refractivity contribution is 6.15. The van der Waals surface area contributed by atoms with Crippen molar-refractivity contribution in [2.45, 2.75) is 0 Å². The van der Waals surface area contributed by atoms with Crippen LogP contribution < -0.4 is 0 Å². The van der Waals surface area contributed by atoms with Gasteiger partial charge < -0.3 is 8.83 Å². The lowest BCUT2D eigenvalue weighted by atomic mass is 10.00. The molecule has 0 radical (unpaired) electrons. The molecule has 0 N–H and O–H groups in total. The van der Waals surface area contributed by atoms with Gasteiger partial charge in [-0.25, -0.2) is 4.98 Å². The van der Waals surface area contributed by atoms with Gasteiger partial charge in [0.25, 0.3) is 0 Å². The molecule has 0 bridgehead atoms. The predicted octanol–water partition coefficient (Wildman–Crippen LogP) is 9.28. The van der Waals surface area contributed by atoms with Crippen LogP contribution in [0.15, 0.2) is 130 Å². The van der Waals surface area contributed by atoms with Gasteiger partial charge in [-0.3, -0.25) is 4.98 Å². The summed E-state index contributed by atoms with van der Waals surface area (Å²) in [5.41, 5.74) is 9.48. The van der Waals surface area contributed by atoms with Crippen LogP contribution in [-0.2, 0) is 0 Å². The van der Waals surface area contributed by atoms with E-state index in [1.807, 2.05) is 54.6 Å². The lowest BCUT2D eigenvalue weighted by molar-refractivity contribution is 0.664. The molecule has 0 amide bonds. The van der Waals surface area contributed by atoms with Gasteiger partial charge in [0.15, 0.2) is 0 Å². The van der Waals surface area contributed by atoms with E-state index in [4.69, 9.17) is 13.8 Å². The fraction of sp³-hybridized carbons (Fsp3) is 0. The summed E-state index contributed by atoms with van der Waals surface area (Å²) in [4.78, 5) is 9.27. The van der Waals surface area contributed by atoms with E-state index in [0.29, 0.717) is 0 Å². The molecule has 8 aromatic rings. The number of pyridine rings is 2. The van der Waals surface area contributed by atoms with Gasteiger partial charge in [0.1, 0.15) is 22.3 Å². The van der Waals surface area contributed by atoms with Crippen LogP contribution in [-0.4, -0.2) is 9.97 Å². The third-order valence-corrected chi connectivity index (χ3v) is 7.16. The fourth-order valence-electron chi connectivity index (χ4n) is 5.26. The lowest BCUT2D eigenvalue weighted by Gasteiger charge is -2.07. The number of benzene rings is 4. The van der Waals surface area contributed by atoms with Crippen LogP contribution in [0, 0.1) is 0 Å². The van der Waals surface area contributed by atoms with Gasteiger partial charge in [0.2, 0.25) is 0 Å². The second-order valence-corrected chi connectivity index (χ2v) is 9.46. The van der Waals surface area contributed by atoms with Gasteiger partial charge in [-0.05, 0) is 65.7 Å². The number of para-hydroxylation sites is 1. The van der Waals surface area contributed by atoms with Crippen molar-refractivity contribution in [3.8, 4) is 33.8 Å². The Labute approximate surface area is 217 Å². The molecule has 0 fully saturated rings. The van der Waals surface area contributed by atoms with Gasteiger partial charge in [0, 0.05) is 33.3 Å². The molecule has 0 aliphatic rings. The Morgan fingerprint density at radius 1 is 0.395 bits per heavy atom. The molecule has 4 aromatic carbocycles. The van der Waals surface area contributed by atoms with E-state index in [1.54, 1.807) is 6.20 Å². The number of rotatable bonds is 3. The number of fused-ring (bicyclic) bond motifs is 6. The van der Waals surface area contributed by atoms with Gasteiger partial charge in [-0.15, -0.1) is 0 Å². The molecule has 4 heterocycles.